The molecule has 0 radical (unpaired) electrons. The van der Waals surface area contributed by atoms with Crippen molar-refractivity contribution in [3.8, 4) is 0 Å². The molecule has 0 fully saturated rings. The molecule has 0 spiro atoms. The van der Waals surface area contributed by atoms with Crippen molar-refractivity contribution in [2.45, 2.75) is 52.9 Å². The van der Waals surface area contributed by atoms with Gasteiger partial charge in [-0.25, -0.2) is 6.42 Å². The summed E-state index contributed by atoms with van der Waals surface area (Å²) in [6.07, 6.45) is 8.92. The standard InChI is InChI=1S/C12H24/c1-5-6-7-8-12(4)10-9-11(2)3/h9,11-12H,4-8,10H2,1-3H3/q-2. The van der Waals surface area contributed by atoms with Crippen LogP contribution in [0.1, 0.15) is 52.9 Å². The summed E-state index contributed by atoms with van der Waals surface area (Å²) in [5.74, 6) is 1.37. The predicted molar refractivity (Wildman–Crippen MR) is 56.7 cm³/mol. The van der Waals surface area contributed by atoms with Gasteiger partial charge >= 0.3 is 0 Å². The number of unbranched alkanes of at least 4 members (excludes halogenated alkanes) is 2. The lowest BCUT2D eigenvalue weighted by Gasteiger charge is -2.26. The summed E-state index contributed by atoms with van der Waals surface area (Å²) >= 11 is 0. The first-order chi connectivity index (χ1) is 5.66. The van der Waals surface area contributed by atoms with Crippen molar-refractivity contribution in [2.75, 3.05) is 0 Å². The van der Waals surface area contributed by atoms with Crippen molar-refractivity contribution >= 4 is 0 Å². The topological polar surface area (TPSA) is 0 Å². The van der Waals surface area contributed by atoms with Gasteiger partial charge in [-0.15, -0.1) is 0 Å². The van der Waals surface area contributed by atoms with E-state index in [4.69, 9.17) is 0 Å². The first-order valence-corrected chi connectivity index (χ1v) is 5.33. The van der Waals surface area contributed by atoms with E-state index in [1.807, 2.05) is 0 Å². The highest BCUT2D eigenvalue weighted by molar-refractivity contribution is 4.75. The van der Waals surface area contributed by atoms with Crippen LogP contribution in [0.4, 0.5) is 0 Å². The van der Waals surface area contributed by atoms with Crippen LogP contribution in [0.2, 0.25) is 0 Å². The molecule has 0 heterocycles. The van der Waals surface area contributed by atoms with Crippen LogP contribution in [0, 0.1) is 25.2 Å². The fourth-order valence-electron chi connectivity index (χ4n) is 1.27. The normalized spacial score (nSPS) is 13.8. The van der Waals surface area contributed by atoms with E-state index in [0.29, 0.717) is 5.92 Å². The van der Waals surface area contributed by atoms with Gasteiger partial charge < -0.3 is 13.3 Å². The summed E-state index contributed by atoms with van der Waals surface area (Å²) in [6.45, 7) is 10.9. The Morgan fingerprint density at radius 2 is 1.92 bits per heavy atom. The molecule has 0 bridgehead atoms. The molecule has 0 heteroatoms. The molecule has 0 amide bonds. The van der Waals surface area contributed by atoms with E-state index in [1.165, 1.54) is 32.1 Å². The van der Waals surface area contributed by atoms with Gasteiger partial charge in [-0.05, 0) is 0 Å². The fourth-order valence-corrected chi connectivity index (χ4v) is 1.27. The third kappa shape index (κ3) is 8.10. The molecular weight excluding hydrogens is 144 g/mol. The number of hydrogen-bond acceptors (Lipinski definition) is 0. The lowest BCUT2D eigenvalue weighted by molar-refractivity contribution is 0.509. The fraction of sp³-hybridized carbons (Fsp3) is 0.833. The van der Waals surface area contributed by atoms with E-state index < -0.39 is 0 Å². The maximum Gasteiger partial charge on any atom is -0.0537 e. The van der Waals surface area contributed by atoms with Gasteiger partial charge in [0.25, 0.3) is 0 Å². The van der Waals surface area contributed by atoms with E-state index in [9.17, 15) is 0 Å². The Kier molecular flexibility index (Phi) is 7.64. The van der Waals surface area contributed by atoms with Crippen molar-refractivity contribution in [3.63, 3.8) is 0 Å². The van der Waals surface area contributed by atoms with Gasteiger partial charge in [0.2, 0.25) is 0 Å². The molecule has 74 valence electrons. The zero-order chi connectivity index (χ0) is 9.40. The largest absolute Gasteiger partial charge is 0.343 e. The molecule has 0 aliphatic carbocycles. The molecule has 0 saturated heterocycles. The number of rotatable bonds is 7. The summed E-state index contributed by atoms with van der Waals surface area (Å²) in [4.78, 5) is 0. The van der Waals surface area contributed by atoms with Gasteiger partial charge in [0.15, 0.2) is 0 Å². The minimum atomic E-state index is 0.652. The van der Waals surface area contributed by atoms with Gasteiger partial charge in [-0.3, -0.25) is 0 Å². The van der Waals surface area contributed by atoms with Gasteiger partial charge in [-0.2, -0.15) is 11.8 Å². The summed E-state index contributed by atoms with van der Waals surface area (Å²) < 4.78 is 0. The highest BCUT2D eigenvalue weighted by Gasteiger charge is 1.91. The van der Waals surface area contributed by atoms with Gasteiger partial charge in [0.1, 0.15) is 0 Å². The summed E-state index contributed by atoms with van der Waals surface area (Å²) in [6, 6.07) is 0. The Hall–Kier alpha value is 0. The molecule has 0 saturated carbocycles. The van der Waals surface area contributed by atoms with E-state index in [1.54, 1.807) is 0 Å². The second kappa shape index (κ2) is 7.64. The zero-order valence-corrected chi connectivity index (χ0v) is 8.97. The quantitative estimate of drug-likeness (QED) is 0.393. The highest BCUT2D eigenvalue weighted by Crippen LogP contribution is 2.16. The minimum Gasteiger partial charge on any atom is -0.343 e. The Morgan fingerprint density at radius 1 is 1.25 bits per heavy atom. The zero-order valence-electron chi connectivity index (χ0n) is 8.97. The molecule has 0 rings (SSSR count). The maximum atomic E-state index is 4.15. The van der Waals surface area contributed by atoms with Crippen LogP contribution >= 0.6 is 0 Å². The maximum absolute atomic E-state index is 4.15. The average molecular weight is 168 g/mol. The SMILES string of the molecule is [CH2-]C(C[CH-]C(C)C)CCCCC. The van der Waals surface area contributed by atoms with Gasteiger partial charge in [0.05, 0.1) is 0 Å². The van der Waals surface area contributed by atoms with Crippen LogP contribution in [-0.4, -0.2) is 0 Å². The van der Waals surface area contributed by atoms with Gasteiger partial charge in [-0.1, -0.05) is 46.5 Å². The third-order valence-electron chi connectivity index (χ3n) is 2.16. The lowest BCUT2D eigenvalue weighted by Crippen LogP contribution is -1.98. The lowest BCUT2D eigenvalue weighted by atomic mass is 9.95. The molecule has 0 aliphatic heterocycles. The summed E-state index contributed by atoms with van der Waals surface area (Å²) in [5, 5.41) is 0. The van der Waals surface area contributed by atoms with Crippen LogP contribution in [0.25, 0.3) is 0 Å². The van der Waals surface area contributed by atoms with Crippen molar-refractivity contribution < 1.29 is 0 Å². The Balaban J connectivity index is 3.15. The first kappa shape index (κ1) is 12.0. The molecule has 0 aliphatic rings. The summed E-state index contributed by atoms with van der Waals surface area (Å²) in [5.41, 5.74) is 0. The molecule has 1 unspecified atom stereocenters. The molecule has 0 nitrogen and oxygen atoms in total. The van der Waals surface area contributed by atoms with E-state index in [-0.39, 0.29) is 0 Å². The Morgan fingerprint density at radius 3 is 2.42 bits per heavy atom. The van der Waals surface area contributed by atoms with Crippen LogP contribution in [0.15, 0.2) is 0 Å². The van der Waals surface area contributed by atoms with E-state index >= 15 is 0 Å². The first-order valence-electron chi connectivity index (χ1n) is 5.33. The average Bonchev–Trinajstić information content (AvgIpc) is 2.01. The molecular formula is C12H24-2. The van der Waals surface area contributed by atoms with E-state index in [2.05, 4.69) is 34.1 Å². The molecule has 0 aromatic carbocycles. The molecule has 0 aromatic heterocycles. The van der Waals surface area contributed by atoms with E-state index in [0.717, 1.165) is 5.92 Å². The van der Waals surface area contributed by atoms with Crippen LogP contribution in [0.3, 0.4) is 0 Å². The highest BCUT2D eigenvalue weighted by atomic mass is 14.1. The second-order valence-electron chi connectivity index (χ2n) is 4.08. The monoisotopic (exact) mass is 168 g/mol. The summed E-state index contributed by atoms with van der Waals surface area (Å²) in [7, 11) is 0. The van der Waals surface area contributed by atoms with Crippen molar-refractivity contribution in [1.29, 1.82) is 0 Å². The molecule has 1 atom stereocenters. The van der Waals surface area contributed by atoms with Crippen LogP contribution in [0.5, 0.6) is 0 Å². The van der Waals surface area contributed by atoms with Gasteiger partial charge in [0, 0.05) is 0 Å². The Bertz CT molecular complexity index is 84.0. The molecule has 12 heavy (non-hydrogen) atoms. The smallest absolute Gasteiger partial charge is 0.0537 e. The third-order valence-corrected chi connectivity index (χ3v) is 2.16. The second-order valence-corrected chi connectivity index (χ2v) is 4.08. The molecule has 0 N–H and O–H groups in total. The van der Waals surface area contributed by atoms with Crippen molar-refractivity contribution in [1.82, 2.24) is 0 Å². The minimum absolute atomic E-state index is 0.652. The van der Waals surface area contributed by atoms with Crippen molar-refractivity contribution in [3.05, 3.63) is 13.3 Å². The predicted octanol–water partition coefficient (Wildman–Crippen LogP) is 4.27. The molecule has 0 aromatic rings. The van der Waals surface area contributed by atoms with Crippen LogP contribution in [-0.2, 0) is 0 Å². The van der Waals surface area contributed by atoms with Crippen molar-refractivity contribution in [2.24, 2.45) is 11.8 Å². The number of hydrogen-bond donors (Lipinski definition) is 0. The Labute approximate surface area is 78.8 Å². The van der Waals surface area contributed by atoms with Crippen LogP contribution < -0.4 is 0 Å².